The zero-order valence-electron chi connectivity index (χ0n) is 19.7. The lowest BCUT2D eigenvalue weighted by atomic mass is 10.2. The zero-order valence-corrected chi connectivity index (χ0v) is 20.5. The molecule has 0 bridgehead atoms. The molecule has 2 amide bonds. The number of nitrogens with one attached hydrogen (secondary N) is 2. The first kappa shape index (κ1) is 26.3. The summed E-state index contributed by atoms with van der Waals surface area (Å²) in [5.41, 5.74) is 3.29. The Hall–Kier alpha value is -4.32. The Kier molecular flexibility index (Phi) is 9.06. The van der Waals surface area contributed by atoms with E-state index in [-0.39, 0.29) is 19.1 Å². The second-order valence-electron chi connectivity index (χ2n) is 7.47. The van der Waals surface area contributed by atoms with Gasteiger partial charge in [0.15, 0.2) is 6.61 Å². The molecule has 0 spiro atoms. The van der Waals surface area contributed by atoms with Crippen LogP contribution in [0.5, 0.6) is 11.5 Å². The first-order valence-corrected chi connectivity index (χ1v) is 12.5. The summed E-state index contributed by atoms with van der Waals surface area (Å²) in [5, 5.41) is 6.55. The van der Waals surface area contributed by atoms with Crippen LogP contribution in [0.4, 0.5) is 5.69 Å². The lowest BCUT2D eigenvalue weighted by molar-refractivity contribution is -0.123. The molecule has 3 aromatic rings. The fourth-order valence-corrected chi connectivity index (χ4v) is 3.80. The van der Waals surface area contributed by atoms with E-state index < -0.39 is 22.5 Å². The molecule has 1 aromatic heterocycles. The number of rotatable bonds is 12. The van der Waals surface area contributed by atoms with Crippen molar-refractivity contribution in [2.45, 2.75) is 6.54 Å². The highest BCUT2D eigenvalue weighted by molar-refractivity contribution is 7.92. The van der Waals surface area contributed by atoms with Gasteiger partial charge in [0.1, 0.15) is 23.8 Å². The maximum absolute atomic E-state index is 12.3. The highest BCUT2D eigenvalue weighted by Crippen LogP contribution is 2.21. The summed E-state index contributed by atoms with van der Waals surface area (Å²) in [6.45, 7) is -0.329. The maximum atomic E-state index is 12.3. The first-order chi connectivity index (χ1) is 17.2. The van der Waals surface area contributed by atoms with Gasteiger partial charge in [-0.25, -0.2) is 13.8 Å². The summed E-state index contributed by atoms with van der Waals surface area (Å²) in [4.78, 5) is 24.2. The van der Waals surface area contributed by atoms with Crippen LogP contribution < -0.4 is 24.5 Å². The molecule has 12 heteroatoms. The molecule has 2 N–H and O–H groups in total. The SMILES string of the molecule is COc1ccc(N(CC(=O)N/N=C\c2ccc(OCC(=O)NCc3ccco3)cc2)S(C)(=O)=O)cc1. The van der Waals surface area contributed by atoms with Crippen LogP contribution in [-0.2, 0) is 26.2 Å². The van der Waals surface area contributed by atoms with Crippen molar-refractivity contribution >= 4 is 33.7 Å². The number of carbonyl (C=O) groups is 2. The normalized spacial score (nSPS) is 11.2. The summed E-state index contributed by atoms with van der Waals surface area (Å²) in [6, 6.07) is 16.5. The van der Waals surface area contributed by atoms with Crippen LogP contribution in [0.25, 0.3) is 0 Å². The Morgan fingerprint density at radius 3 is 2.33 bits per heavy atom. The Morgan fingerprint density at radius 1 is 1.03 bits per heavy atom. The fraction of sp³-hybridized carbons (Fsp3) is 0.208. The van der Waals surface area contributed by atoms with Crippen LogP contribution in [0.1, 0.15) is 11.3 Å². The van der Waals surface area contributed by atoms with Gasteiger partial charge >= 0.3 is 0 Å². The monoisotopic (exact) mass is 514 g/mol. The molecule has 2 aromatic carbocycles. The molecule has 0 aliphatic heterocycles. The van der Waals surface area contributed by atoms with Crippen molar-refractivity contribution < 1.29 is 31.9 Å². The van der Waals surface area contributed by atoms with Crippen molar-refractivity contribution in [3.63, 3.8) is 0 Å². The number of sulfonamides is 1. The molecule has 11 nitrogen and oxygen atoms in total. The van der Waals surface area contributed by atoms with Crippen molar-refractivity contribution in [2.24, 2.45) is 5.10 Å². The van der Waals surface area contributed by atoms with E-state index in [0.29, 0.717) is 28.5 Å². The lowest BCUT2D eigenvalue weighted by Crippen LogP contribution is -2.39. The van der Waals surface area contributed by atoms with Crippen LogP contribution in [0.2, 0.25) is 0 Å². The summed E-state index contributed by atoms with van der Waals surface area (Å²) in [7, 11) is -2.21. The van der Waals surface area contributed by atoms with Crippen LogP contribution in [0.15, 0.2) is 76.4 Å². The largest absolute Gasteiger partial charge is 0.497 e. The molecule has 36 heavy (non-hydrogen) atoms. The molecule has 0 fully saturated rings. The molecule has 0 radical (unpaired) electrons. The Bertz CT molecular complexity index is 1270. The van der Waals surface area contributed by atoms with Crippen LogP contribution >= 0.6 is 0 Å². The smallest absolute Gasteiger partial charge is 0.260 e. The van der Waals surface area contributed by atoms with Gasteiger partial charge < -0.3 is 19.2 Å². The number of hydrogen-bond donors (Lipinski definition) is 2. The molecule has 0 saturated carbocycles. The van der Waals surface area contributed by atoms with Crippen LogP contribution in [0, 0.1) is 0 Å². The van der Waals surface area contributed by atoms with Gasteiger partial charge in [0.2, 0.25) is 10.0 Å². The lowest BCUT2D eigenvalue weighted by Gasteiger charge is -2.21. The highest BCUT2D eigenvalue weighted by Gasteiger charge is 2.20. The van der Waals surface area contributed by atoms with E-state index >= 15 is 0 Å². The average Bonchev–Trinajstić information content (AvgIpc) is 3.39. The van der Waals surface area contributed by atoms with Crippen molar-refractivity contribution in [3.8, 4) is 11.5 Å². The van der Waals surface area contributed by atoms with E-state index in [4.69, 9.17) is 13.9 Å². The van der Waals surface area contributed by atoms with Crippen molar-refractivity contribution in [3.05, 3.63) is 78.3 Å². The number of hydrazone groups is 1. The molecule has 0 unspecified atom stereocenters. The van der Waals surface area contributed by atoms with Gasteiger partial charge in [0.05, 0.1) is 38.1 Å². The summed E-state index contributed by atoms with van der Waals surface area (Å²) in [6.07, 6.45) is 3.94. The summed E-state index contributed by atoms with van der Waals surface area (Å²) in [5.74, 6) is 0.771. The number of carbonyl (C=O) groups excluding carboxylic acids is 2. The van der Waals surface area contributed by atoms with Gasteiger partial charge in [-0.05, 0) is 66.2 Å². The molecule has 190 valence electrons. The maximum Gasteiger partial charge on any atom is 0.260 e. The fourth-order valence-electron chi connectivity index (χ4n) is 2.94. The molecule has 1 heterocycles. The van der Waals surface area contributed by atoms with Crippen LogP contribution in [0.3, 0.4) is 0 Å². The molecular weight excluding hydrogens is 488 g/mol. The number of amides is 2. The Balaban J connectivity index is 1.47. The number of nitrogens with zero attached hydrogens (tertiary/aromatic N) is 2. The van der Waals surface area contributed by atoms with Crippen molar-refractivity contribution in [1.29, 1.82) is 0 Å². The summed E-state index contributed by atoms with van der Waals surface area (Å²) >= 11 is 0. The summed E-state index contributed by atoms with van der Waals surface area (Å²) < 4.78 is 41.0. The number of methoxy groups -OCH3 is 1. The topological polar surface area (TPSA) is 140 Å². The van der Waals surface area contributed by atoms with E-state index in [1.165, 1.54) is 19.6 Å². The first-order valence-electron chi connectivity index (χ1n) is 10.7. The number of benzene rings is 2. The Morgan fingerprint density at radius 2 is 1.72 bits per heavy atom. The predicted molar refractivity (Wildman–Crippen MR) is 133 cm³/mol. The minimum Gasteiger partial charge on any atom is -0.497 e. The van der Waals surface area contributed by atoms with E-state index in [1.54, 1.807) is 60.7 Å². The minimum atomic E-state index is -3.71. The van der Waals surface area contributed by atoms with Gasteiger partial charge in [-0.3, -0.25) is 13.9 Å². The van der Waals surface area contributed by atoms with Gasteiger partial charge in [-0.1, -0.05) is 0 Å². The zero-order chi connectivity index (χ0) is 26.0. The Labute approximate surface area is 208 Å². The van der Waals surface area contributed by atoms with Gasteiger partial charge in [-0.15, -0.1) is 0 Å². The molecule has 0 aliphatic carbocycles. The highest BCUT2D eigenvalue weighted by atomic mass is 32.2. The number of furan rings is 1. The van der Waals surface area contributed by atoms with Crippen LogP contribution in [-0.4, -0.2) is 53.0 Å². The number of ether oxygens (including phenoxy) is 2. The van der Waals surface area contributed by atoms with E-state index in [1.807, 2.05) is 0 Å². The predicted octanol–water partition coefficient (Wildman–Crippen LogP) is 1.90. The molecule has 0 aliphatic rings. The van der Waals surface area contributed by atoms with Crippen molar-refractivity contribution in [2.75, 3.05) is 30.8 Å². The molecule has 0 saturated heterocycles. The second-order valence-corrected chi connectivity index (χ2v) is 9.38. The van der Waals surface area contributed by atoms with Gasteiger partial charge in [0.25, 0.3) is 11.8 Å². The minimum absolute atomic E-state index is 0.158. The molecule has 0 atom stereocenters. The third-order valence-corrected chi connectivity index (χ3v) is 5.88. The number of hydrogen-bond acceptors (Lipinski definition) is 8. The average molecular weight is 515 g/mol. The molecular formula is C24H26N4O7S. The van der Waals surface area contributed by atoms with Crippen molar-refractivity contribution in [1.82, 2.24) is 10.7 Å². The third kappa shape index (κ3) is 8.17. The van der Waals surface area contributed by atoms with Gasteiger partial charge in [-0.2, -0.15) is 5.10 Å². The van der Waals surface area contributed by atoms with Gasteiger partial charge in [0, 0.05) is 0 Å². The standard InChI is InChI=1S/C24H26N4O7S/c1-33-20-11-7-19(8-12-20)28(36(2,31)32)16-23(29)27-26-14-18-5-9-21(10-6-18)35-17-24(30)25-15-22-4-3-13-34-22/h3-14H,15-17H2,1-2H3,(H,25,30)(H,27,29)/b26-14-. The number of anilines is 1. The van der Waals surface area contributed by atoms with E-state index in [0.717, 1.165) is 10.6 Å². The van der Waals surface area contributed by atoms with E-state index in [9.17, 15) is 18.0 Å². The molecule has 3 rings (SSSR count). The van der Waals surface area contributed by atoms with E-state index in [2.05, 4.69) is 15.8 Å². The third-order valence-electron chi connectivity index (χ3n) is 4.74. The second kappa shape index (κ2) is 12.4. The quantitative estimate of drug-likeness (QED) is 0.278.